The van der Waals surface area contributed by atoms with Crippen LogP contribution < -0.4 is 57.1 Å². The summed E-state index contributed by atoms with van der Waals surface area (Å²) in [5.41, 5.74) is 16.1. The number of hydrogen-bond donors (Lipinski definition) is 11. The quantitative estimate of drug-likeness (QED) is 0.0108. The lowest BCUT2D eigenvalue weighted by atomic mass is 9.34. The number of H-pyrrole nitrogens is 2. The fraction of sp³-hybridized carbons (Fsp3) is 0.508. The lowest BCUT2D eigenvalue weighted by molar-refractivity contribution is -0.205. The zero-order valence-electron chi connectivity index (χ0n) is 53.5. The van der Waals surface area contributed by atoms with Crippen LogP contribution in [-0.4, -0.2) is 165 Å². The molecule has 3 fully saturated rings. The van der Waals surface area contributed by atoms with E-state index in [1.54, 1.807) is 78.0 Å². The van der Waals surface area contributed by atoms with Crippen molar-refractivity contribution in [3.05, 3.63) is 76.6 Å². The van der Waals surface area contributed by atoms with Crippen molar-refractivity contribution in [1.29, 1.82) is 0 Å². The van der Waals surface area contributed by atoms with Gasteiger partial charge < -0.3 is 81.6 Å². The molecule has 3 saturated carbocycles. The van der Waals surface area contributed by atoms with Gasteiger partial charge in [-0.25, -0.2) is 9.36 Å². The number of fused-ring (bicyclic) bond motifs is 6. The predicted octanol–water partition coefficient (Wildman–Crippen LogP) is 6.62. The fourth-order valence-corrected chi connectivity index (χ4v) is 14.7. The molecule has 3 aromatic carbocycles. The van der Waals surface area contributed by atoms with Crippen molar-refractivity contribution in [2.45, 2.75) is 123 Å². The Balaban J connectivity index is 0.788. The maximum Gasteiger partial charge on any atom is 0.524 e. The Kier molecular flexibility index (Phi) is 22.2. The van der Waals surface area contributed by atoms with Crippen LogP contribution in [0, 0.1) is 30.6 Å². The standard InChI is InChI=1S/C63H82Cl2N13O13PS2/c1-33(2)51(74-55(81)41(71-36(5)79)11-8-9-17-66)56(82)73-42(12-10-18-68-59(67)85)54(80)72-40-15-13-37(14-16-40)29-89-60(93)75(6)19-20-76(7)61(94)90-45-21-43-49(47-34(3)25-69-52(45)47)38(23-64)27-77(43)57(83)62-30-63(31-62,32-62)58(84)78-28-39(24-65)50-44(78)22-46(91-92(86,87)88)53-48(50)35(4)26-70-53/h13-16,21-22,25-26,33,38-39,41-42,51,69-70H,8-12,17-20,23-24,27-32,66H2,1-7H3,(H,71,79)(H,72,80)(H,73,82)(H,74,81)(H3,67,68,85)(H2,86,87,88)/t38-,39-,41+,42+,51+,62?,63?/m1/s1. The van der Waals surface area contributed by atoms with Crippen molar-refractivity contribution in [2.75, 3.05) is 80.2 Å². The molecule has 2 aromatic heterocycles. The van der Waals surface area contributed by atoms with Crippen LogP contribution in [0.3, 0.4) is 0 Å². The Bertz CT molecular complexity index is 3810. The highest BCUT2D eigenvalue weighted by molar-refractivity contribution is 7.80. The number of ether oxygens (including phenoxy) is 2. The maximum absolute atomic E-state index is 15.0. The minimum absolute atomic E-state index is 0.0814. The number of nitrogens with zero attached hydrogens (tertiary/aromatic N) is 4. The Morgan fingerprint density at radius 1 is 0.755 bits per heavy atom. The van der Waals surface area contributed by atoms with Crippen LogP contribution in [-0.2, 0) is 44.7 Å². The number of nitrogens with two attached hydrogens (primary N) is 2. The summed E-state index contributed by atoms with van der Waals surface area (Å²) >= 11 is 24.8. The number of aromatic nitrogens is 2. The highest BCUT2D eigenvalue weighted by atomic mass is 35.5. The lowest BCUT2D eigenvalue weighted by Gasteiger charge is -2.69. The van der Waals surface area contributed by atoms with Gasteiger partial charge in [0.25, 0.3) is 10.3 Å². The van der Waals surface area contributed by atoms with Gasteiger partial charge in [-0.2, -0.15) is 0 Å². The molecular weight excluding hydrogens is 1310 g/mol. The molecule has 26 nitrogen and oxygen atoms in total. The number of aryl methyl sites for hydroxylation is 2. The topological polar surface area (TPSA) is 361 Å². The molecule has 5 atom stereocenters. The number of rotatable bonds is 28. The van der Waals surface area contributed by atoms with Gasteiger partial charge in [0.05, 0.1) is 33.2 Å². The number of unbranched alkanes of at least 4 members (excludes halogenated alkanes) is 1. The number of phosphoric ester groups is 1. The molecule has 0 unspecified atom stereocenters. The van der Waals surface area contributed by atoms with Crippen LogP contribution in [0.2, 0.25) is 0 Å². The second kappa shape index (κ2) is 29.4. The number of benzene rings is 3. The summed E-state index contributed by atoms with van der Waals surface area (Å²) < 4.78 is 29.7. The third-order valence-corrected chi connectivity index (χ3v) is 20.2. The first kappa shape index (κ1) is 71.0. The van der Waals surface area contributed by atoms with E-state index in [0.717, 1.165) is 33.2 Å². The van der Waals surface area contributed by atoms with E-state index in [1.807, 2.05) is 26.1 Å². The Morgan fingerprint density at radius 3 is 1.79 bits per heavy atom. The van der Waals surface area contributed by atoms with Crippen molar-refractivity contribution < 1.29 is 61.9 Å². The van der Waals surface area contributed by atoms with Crippen molar-refractivity contribution in [1.82, 2.24) is 41.0 Å². The van der Waals surface area contributed by atoms with Crippen LogP contribution in [0.25, 0.3) is 21.8 Å². The van der Waals surface area contributed by atoms with Gasteiger partial charge in [-0.1, -0.05) is 26.0 Å². The predicted molar refractivity (Wildman–Crippen MR) is 366 cm³/mol. The lowest BCUT2D eigenvalue weighted by Crippen LogP contribution is -2.73. The molecule has 13 N–H and O–H groups in total. The van der Waals surface area contributed by atoms with Crippen molar-refractivity contribution in [2.24, 2.45) is 28.2 Å². The van der Waals surface area contributed by atoms with Crippen LogP contribution in [0.1, 0.15) is 112 Å². The van der Waals surface area contributed by atoms with Gasteiger partial charge in [-0.3, -0.25) is 38.6 Å². The summed E-state index contributed by atoms with van der Waals surface area (Å²) in [5.74, 6) is -2.48. The molecule has 4 heterocycles. The second-order valence-corrected chi connectivity index (χ2v) is 28.0. The highest BCUT2D eigenvalue weighted by Gasteiger charge is 2.76. The van der Waals surface area contributed by atoms with E-state index in [-0.39, 0.29) is 84.0 Å². The molecule has 0 radical (unpaired) electrons. The van der Waals surface area contributed by atoms with Crippen LogP contribution in [0.4, 0.5) is 21.9 Å². The smallest absolute Gasteiger partial charge is 0.466 e. The number of urea groups is 1. The zero-order valence-corrected chi connectivity index (χ0v) is 57.5. The van der Waals surface area contributed by atoms with Gasteiger partial charge >= 0.3 is 13.9 Å². The summed E-state index contributed by atoms with van der Waals surface area (Å²) in [6, 6.07) is 6.39. The molecule has 3 aliphatic carbocycles. The number of amides is 8. The van der Waals surface area contributed by atoms with Gasteiger partial charge in [0.1, 0.15) is 24.7 Å². The molecule has 2 aliphatic heterocycles. The highest BCUT2D eigenvalue weighted by Crippen LogP contribution is 2.75. The Morgan fingerprint density at radius 2 is 1.28 bits per heavy atom. The van der Waals surface area contributed by atoms with Gasteiger partial charge in [0.2, 0.25) is 35.4 Å². The van der Waals surface area contributed by atoms with Crippen LogP contribution >= 0.6 is 55.5 Å². The number of carbonyl (C=O) groups excluding carboxylic acids is 7. The number of anilines is 3. The molecule has 94 heavy (non-hydrogen) atoms. The number of nitrogens with one attached hydrogen (secondary N) is 7. The molecular formula is C63H82Cl2N13O13PS2. The van der Waals surface area contributed by atoms with E-state index >= 15 is 0 Å². The summed E-state index contributed by atoms with van der Waals surface area (Å²) in [7, 11) is -1.41. The van der Waals surface area contributed by atoms with E-state index in [9.17, 15) is 47.9 Å². The van der Waals surface area contributed by atoms with E-state index < -0.39 is 72.4 Å². The number of aromatic amines is 2. The number of hydrogen-bond acceptors (Lipinski definition) is 14. The normalized spacial score (nSPS) is 19.4. The molecule has 31 heteroatoms. The third-order valence-electron chi connectivity index (χ3n) is 18.2. The largest absolute Gasteiger partial charge is 0.524 e. The minimum atomic E-state index is -4.98. The van der Waals surface area contributed by atoms with Gasteiger partial charge in [0.15, 0.2) is 11.5 Å². The number of halogens is 2. The first-order valence-electron chi connectivity index (χ1n) is 31.1. The summed E-state index contributed by atoms with van der Waals surface area (Å²) in [4.78, 5) is 127. The van der Waals surface area contributed by atoms with E-state index in [1.165, 1.54) is 13.0 Å². The first-order chi connectivity index (χ1) is 44.5. The summed E-state index contributed by atoms with van der Waals surface area (Å²) in [6.45, 7) is 10.6. The molecule has 5 aromatic rings. The van der Waals surface area contributed by atoms with Crippen molar-refractivity contribution in [3.63, 3.8) is 0 Å². The Hall–Kier alpha value is -7.30. The zero-order chi connectivity index (χ0) is 68.3. The van der Waals surface area contributed by atoms with E-state index in [2.05, 4.69) is 36.6 Å². The monoisotopic (exact) mass is 1390 g/mol. The summed E-state index contributed by atoms with van der Waals surface area (Å²) in [5, 5.41) is 15.4. The molecule has 0 saturated heterocycles. The fourth-order valence-electron chi connectivity index (χ4n) is 13.4. The molecule has 0 spiro atoms. The van der Waals surface area contributed by atoms with Gasteiger partial charge in [-0.15, -0.1) is 23.2 Å². The number of phosphoric acid groups is 1. The van der Waals surface area contributed by atoms with Crippen molar-refractivity contribution in [3.8, 4) is 11.5 Å². The number of alkyl halides is 2. The molecule has 10 rings (SSSR count). The van der Waals surface area contributed by atoms with Crippen molar-refractivity contribution >= 4 is 146 Å². The molecule has 2 bridgehead atoms. The van der Waals surface area contributed by atoms with E-state index in [0.29, 0.717) is 104 Å². The number of primary amides is 1. The second-order valence-electron chi connectivity index (χ2n) is 25.5. The first-order valence-corrected chi connectivity index (χ1v) is 34.6. The number of likely N-dealkylation sites (N-methyl/N-ethyl adjacent to an activating group) is 2. The van der Waals surface area contributed by atoms with E-state index in [4.69, 9.17) is 73.1 Å². The maximum atomic E-state index is 15.0. The summed E-state index contributed by atoms with van der Waals surface area (Å²) in [6.07, 6.45) is 6.50. The van der Waals surface area contributed by atoms with Gasteiger partial charge in [0, 0.05) is 118 Å². The number of thiocarbonyl (C=S) groups is 2. The number of carbonyl (C=O) groups is 7. The minimum Gasteiger partial charge on any atom is -0.466 e. The third kappa shape index (κ3) is 15.2. The SMILES string of the molecule is CC(=O)N[C@@H](CCCCN)C(=O)N[C@H](C(=O)N[C@@H](CCCNC(N)=O)C(=O)Nc1ccc(COC(=S)N(C)CCN(C)C(=S)Oc2cc3c(c4c(C)c[nH]c24)[C@H](CCl)CN3C(=O)C23CC(C(=O)N4C[C@@H](CCl)c5c4cc(OP(=O)(O)O)c4[nH]cc(C)c54)(C2)C3)cc1)C(C)C. The van der Waals surface area contributed by atoms with Crippen LogP contribution in [0.15, 0.2) is 48.8 Å². The average Bonchev–Trinajstić information content (AvgIpc) is 0.898. The molecule has 5 aliphatic rings. The average molecular weight is 1400 g/mol. The van der Waals surface area contributed by atoms with Crippen LogP contribution in [0.5, 0.6) is 11.5 Å². The Labute approximate surface area is 565 Å². The van der Waals surface area contributed by atoms with Gasteiger partial charge in [-0.05, 0) is 142 Å². The molecule has 8 amide bonds. The molecule has 508 valence electrons.